The predicted molar refractivity (Wildman–Crippen MR) is 74.2 cm³/mol. The molecule has 0 fully saturated rings. The van der Waals surface area contributed by atoms with Crippen molar-refractivity contribution in [3.8, 4) is 11.5 Å². The van der Waals surface area contributed by atoms with Crippen molar-refractivity contribution in [1.82, 2.24) is 0 Å². The monoisotopic (exact) mass is 270 g/mol. The van der Waals surface area contributed by atoms with Gasteiger partial charge in [-0.25, -0.2) is 4.79 Å². The molecule has 0 spiro atoms. The molecule has 0 unspecified atom stereocenters. The zero-order valence-corrected chi connectivity index (χ0v) is 10.8. The van der Waals surface area contributed by atoms with E-state index in [9.17, 15) is 4.79 Å². The van der Waals surface area contributed by atoms with Crippen molar-refractivity contribution < 1.29 is 19.3 Å². The van der Waals surface area contributed by atoms with Crippen LogP contribution in [0.3, 0.4) is 0 Å². The van der Waals surface area contributed by atoms with E-state index in [0.717, 1.165) is 0 Å². The van der Waals surface area contributed by atoms with E-state index >= 15 is 0 Å². The molecule has 102 valence electrons. The third-order valence-corrected chi connectivity index (χ3v) is 2.28. The van der Waals surface area contributed by atoms with E-state index in [1.165, 1.54) is 12.2 Å². The first kappa shape index (κ1) is 13.8. The molecule has 20 heavy (non-hydrogen) atoms. The molecule has 0 saturated heterocycles. The van der Waals surface area contributed by atoms with Crippen LogP contribution in [0.1, 0.15) is 0 Å². The molecule has 0 N–H and O–H groups in total. The average Bonchev–Trinajstić information content (AvgIpc) is 2.49. The van der Waals surface area contributed by atoms with Gasteiger partial charge in [0.25, 0.3) is 0 Å². The topological polar surface area (TPSA) is 44.8 Å². The van der Waals surface area contributed by atoms with Crippen molar-refractivity contribution in [3.63, 3.8) is 0 Å². The zero-order valence-electron chi connectivity index (χ0n) is 10.8. The number of hydrogen-bond donors (Lipinski definition) is 0. The van der Waals surface area contributed by atoms with E-state index in [-0.39, 0.29) is 6.61 Å². The summed E-state index contributed by atoms with van der Waals surface area (Å²) in [5, 5.41) is 0. The number of esters is 1. The number of para-hydroxylation sites is 2. The van der Waals surface area contributed by atoms with Gasteiger partial charge in [0.15, 0.2) is 5.75 Å². The smallest absolute Gasteiger partial charge is 0.335 e. The Morgan fingerprint density at radius 3 is 2.15 bits per heavy atom. The van der Waals surface area contributed by atoms with Gasteiger partial charge in [-0.05, 0) is 30.3 Å². The number of carbonyl (C=O) groups is 1. The number of hydrogen-bond acceptors (Lipinski definition) is 4. The minimum atomic E-state index is -0.459. The van der Waals surface area contributed by atoms with Crippen LogP contribution < -0.4 is 9.62 Å². The first-order valence-corrected chi connectivity index (χ1v) is 6.12. The molecule has 4 nitrogen and oxygen atoms in total. The van der Waals surface area contributed by atoms with Crippen LogP contribution in [-0.4, -0.2) is 12.6 Å². The van der Waals surface area contributed by atoms with Crippen LogP contribution in [0.4, 0.5) is 0 Å². The molecular formula is C16H14O4. The highest BCUT2D eigenvalue weighted by molar-refractivity contribution is 5.83. The fraction of sp³-hybridized carbons (Fsp3) is 0.0625. The van der Waals surface area contributed by atoms with Crippen LogP contribution in [0, 0.1) is 0 Å². The van der Waals surface area contributed by atoms with Crippen molar-refractivity contribution in [3.05, 3.63) is 72.8 Å². The molecular weight excluding hydrogens is 256 g/mol. The Balaban J connectivity index is 1.67. The van der Waals surface area contributed by atoms with Gasteiger partial charge in [0, 0.05) is 6.08 Å². The van der Waals surface area contributed by atoms with E-state index in [2.05, 4.69) is 0 Å². The Labute approximate surface area is 117 Å². The maximum atomic E-state index is 11.4. The van der Waals surface area contributed by atoms with E-state index in [4.69, 9.17) is 14.5 Å². The molecule has 0 aliphatic carbocycles. The molecule has 0 aliphatic rings. The molecule has 0 aromatic heterocycles. The van der Waals surface area contributed by atoms with Gasteiger partial charge in [0.2, 0.25) is 0 Å². The molecule has 2 aromatic rings. The highest BCUT2D eigenvalue weighted by Gasteiger charge is 1.98. The summed E-state index contributed by atoms with van der Waals surface area (Å²) in [5.41, 5.74) is 0. The lowest BCUT2D eigenvalue weighted by atomic mass is 10.3. The second kappa shape index (κ2) is 7.76. The molecule has 2 aromatic carbocycles. The molecule has 0 atom stereocenters. The van der Waals surface area contributed by atoms with Crippen LogP contribution in [0.2, 0.25) is 0 Å². The molecule has 0 radical (unpaired) electrons. The molecule has 4 heteroatoms. The Kier molecular flexibility index (Phi) is 5.37. The Morgan fingerprint density at radius 1 is 0.900 bits per heavy atom. The normalized spacial score (nSPS) is 10.4. The molecule has 0 amide bonds. The Hall–Kier alpha value is -2.59. The zero-order chi connectivity index (χ0) is 14.0. The summed E-state index contributed by atoms with van der Waals surface area (Å²) < 4.78 is 5.06. The predicted octanol–water partition coefficient (Wildman–Crippen LogP) is 3.16. The van der Waals surface area contributed by atoms with Crippen LogP contribution in [0.25, 0.3) is 0 Å². The van der Waals surface area contributed by atoms with Gasteiger partial charge in [-0.3, -0.25) is 0 Å². The summed E-state index contributed by atoms with van der Waals surface area (Å²) in [6.07, 6.45) is 2.82. The summed E-state index contributed by atoms with van der Waals surface area (Å²) in [6, 6.07) is 18.0. The minimum absolute atomic E-state index is 0.152. The van der Waals surface area contributed by atoms with Gasteiger partial charge in [-0.2, -0.15) is 4.89 Å². The van der Waals surface area contributed by atoms with Crippen molar-refractivity contribution in [2.45, 2.75) is 0 Å². The van der Waals surface area contributed by atoms with Gasteiger partial charge >= 0.3 is 5.97 Å². The Bertz CT molecular complexity index is 549. The minimum Gasteiger partial charge on any atom is -0.423 e. The van der Waals surface area contributed by atoms with Crippen LogP contribution in [-0.2, 0) is 9.68 Å². The van der Waals surface area contributed by atoms with E-state index in [1.807, 2.05) is 24.3 Å². The molecule has 0 aliphatic heterocycles. The van der Waals surface area contributed by atoms with Crippen LogP contribution in [0.5, 0.6) is 11.5 Å². The maximum Gasteiger partial charge on any atom is 0.335 e. The van der Waals surface area contributed by atoms with Gasteiger partial charge in [-0.1, -0.05) is 36.4 Å². The van der Waals surface area contributed by atoms with Gasteiger partial charge in [0.1, 0.15) is 12.4 Å². The fourth-order valence-electron chi connectivity index (χ4n) is 1.40. The quantitative estimate of drug-likeness (QED) is 0.202. The van der Waals surface area contributed by atoms with Crippen molar-refractivity contribution >= 4 is 5.97 Å². The number of benzene rings is 2. The summed E-state index contributed by atoms with van der Waals surface area (Å²) in [5.74, 6) is 0.649. The first-order chi connectivity index (χ1) is 9.84. The first-order valence-electron chi connectivity index (χ1n) is 6.12. The lowest BCUT2D eigenvalue weighted by molar-refractivity contribution is -0.195. The third-order valence-electron chi connectivity index (χ3n) is 2.28. The molecule has 2 rings (SSSR count). The number of rotatable bonds is 6. The van der Waals surface area contributed by atoms with E-state index in [0.29, 0.717) is 11.5 Å². The fourth-order valence-corrected chi connectivity index (χ4v) is 1.40. The summed E-state index contributed by atoms with van der Waals surface area (Å²) in [7, 11) is 0. The molecule has 0 saturated carbocycles. The number of carbonyl (C=O) groups excluding carboxylic acids is 1. The SMILES string of the molecule is O=C(/C=C/COOc1ccccc1)Oc1ccccc1. The summed E-state index contributed by atoms with van der Waals surface area (Å²) in [6.45, 7) is 0.152. The van der Waals surface area contributed by atoms with Crippen molar-refractivity contribution in [2.24, 2.45) is 0 Å². The van der Waals surface area contributed by atoms with Crippen molar-refractivity contribution in [1.29, 1.82) is 0 Å². The second-order valence-electron chi connectivity index (χ2n) is 3.82. The van der Waals surface area contributed by atoms with Gasteiger partial charge in [-0.15, -0.1) is 0 Å². The lowest BCUT2D eigenvalue weighted by Crippen LogP contribution is -2.04. The highest BCUT2D eigenvalue weighted by atomic mass is 17.2. The van der Waals surface area contributed by atoms with Gasteiger partial charge < -0.3 is 9.62 Å². The van der Waals surface area contributed by atoms with E-state index in [1.54, 1.807) is 36.4 Å². The average molecular weight is 270 g/mol. The van der Waals surface area contributed by atoms with E-state index < -0.39 is 5.97 Å². The van der Waals surface area contributed by atoms with Crippen LogP contribution in [0.15, 0.2) is 72.8 Å². The molecule has 0 heterocycles. The lowest BCUT2D eigenvalue weighted by Gasteiger charge is -2.02. The van der Waals surface area contributed by atoms with Crippen molar-refractivity contribution in [2.75, 3.05) is 6.61 Å². The third kappa shape index (κ3) is 4.96. The molecule has 0 bridgehead atoms. The second-order valence-corrected chi connectivity index (χ2v) is 3.82. The van der Waals surface area contributed by atoms with Gasteiger partial charge in [0.05, 0.1) is 0 Å². The number of ether oxygens (including phenoxy) is 1. The summed E-state index contributed by atoms with van der Waals surface area (Å²) >= 11 is 0. The summed E-state index contributed by atoms with van der Waals surface area (Å²) in [4.78, 5) is 21.4. The highest BCUT2D eigenvalue weighted by Crippen LogP contribution is 2.09. The largest absolute Gasteiger partial charge is 0.423 e. The maximum absolute atomic E-state index is 11.4. The van der Waals surface area contributed by atoms with Crippen LogP contribution >= 0.6 is 0 Å². The Morgan fingerprint density at radius 2 is 1.50 bits per heavy atom. The standard InChI is InChI=1S/C16H14O4/c17-16(19-14-8-3-1-4-9-14)12-7-13-18-20-15-10-5-2-6-11-15/h1-12H,13H2/b12-7+.